The second-order valence-corrected chi connectivity index (χ2v) is 4.74. The van der Waals surface area contributed by atoms with Crippen molar-refractivity contribution >= 4 is 5.82 Å². The lowest BCUT2D eigenvalue weighted by Gasteiger charge is -2.36. The van der Waals surface area contributed by atoms with Crippen molar-refractivity contribution in [2.45, 2.75) is 32.9 Å². The van der Waals surface area contributed by atoms with E-state index in [9.17, 15) is 5.11 Å². The van der Waals surface area contributed by atoms with Gasteiger partial charge in [0.1, 0.15) is 5.82 Å². The topological polar surface area (TPSA) is 67.3 Å². The average Bonchev–Trinajstić information content (AvgIpc) is 2.51. The SMILES string of the molecule is Cc1nn(C)c(N(C)C(C)(C)CO)c1CN. The van der Waals surface area contributed by atoms with Crippen LogP contribution in [0.3, 0.4) is 0 Å². The Hall–Kier alpha value is -1.07. The molecule has 16 heavy (non-hydrogen) atoms. The van der Waals surface area contributed by atoms with E-state index in [0.29, 0.717) is 6.54 Å². The van der Waals surface area contributed by atoms with Gasteiger partial charge in [-0.3, -0.25) is 4.68 Å². The highest BCUT2D eigenvalue weighted by Crippen LogP contribution is 2.27. The maximum atomic E-state index is 9.38. The molecule has 0 amide bonds. The van der Waals surface area contributed by atoms with Crippen LogP contribution in [0.15, 0.2) is 0 Å². The maximum absolute atomic E-state index is 9.38. The molecule has 0 atom stereocenters. The van der Waals surface area contributed by atoms with Crippen molar-refractivity contribution in [3.8, 4) is 0 Å². The van der Waals surface area contributed by atoms with E-state index in [1.54, 1.807) is 0 Å². The van der Waals surface area contributed by atoms with Crippen molar-refractivity contribution in [3.63, 3.8) is 0 Å². The third-order valence-corrected chi connectivity index (χ3v) is 3.13. The standard InChI is InChI=1S/C11H22N4O/c1-8-9(6-12)10(15(5)13-8)14(4)11(2,3)7-16/h16H,6-7,12H2,1-5H3. The first-order valence-electron chi connectivity index (χ1n) is 5.42. The summed E-state index contributed by atoms with van der Waals surface area (Å²) >= 11 is 0. The van der Waals surface area contributed by atoms with Crippen molar-refractivity contribution in [3.05, 3.63) is 11.3 Å². The summed E-state index contributed by atoms with van der Waals surface area (Å²) in [7, 11) is 3.84. The monoisotopic (exact) mass is 226 g/mol. The van der Waals surface area contributed by atoms with Gasteiger partial charge in [0.05, 0.1) is 17.8 Å². The third-order valence-electron chi connectivity index (χ3n) is 3.13. The van der Waals surface area contributed by atoms with Crippen LogP contribution in [0.4, 0.5) is 5.82 Å². The van der Waals surface area contributed by atoms with Crippen molar-refractivity contribution in [1.82, 2.24) is 9.78 Å². The Kier molecular flexibility index (Phi) is 3.60. The minimum atomic E-state index is -0.329. The maximum Gasteiger partial charge on any atom is 0.131 e. The summed E-state index contributed by atoms with van der Waals surface area (Å²) in [5.74, 6) is 0.971. The van der Waals surface area contributed by atoms with Gasteiger partial charge < -0.3 is 15.7 Å². The molecule has 5 nitrogen and oxygen atoms in total. The van der Waals surface area contributed by atoms with Gasteiger partial charge in [0, 0.05) is 26.2 Å². The largest absolute Gasteiger partial charge is 0.394 e. The molecule has 0 unspecified atom stereocenters. The molecule has 0 saturated heterocycles. The van der Waals surface area contributed by atoms with Gasteiger partial charge in [-0.1, -0.05) is 0 Å². The zero-order chi connectivity index (χ0) is 12.5. The highest BCUT2D eigenvalue weighted by atomic mass is 16.3. The molecule has 1 aromatic rings. The van der Waals surface area contributed by atoms with Crippen LogP contribution in [-0.2, 0) is 13.6 Å². The second-order valence-electron chi connectivity index (χ2n) is 4.74. The number of aryl methyl sites for hydroxylation is 2. The molecule has 0 bridgehead atoms. The number of hydrogen-bond donors (Lipinski definition) is 2. The van der Waals surface area contributed by atoms with Crippen LogP contribution in [0.5, 0.6) is 0 Å². The van der Waals surface area contributed by atoms with Crippen molar-refractivity contribution in [2.75, 3.05) is 18.6 Å². The number of aliphatic hydroxyl groups is 1. The van der Waals surface area contributed by atoms with Crippen molar-refractivity contribution in [2.24, 2.45) is 12.8 Å². The number of aromatic nitrogens is 2. The highest BCUT2D eigenvalue weighted by Gasteiger charge is 2.27. The van der Waals surface area contributed by atoms with Gasteiger partial charge in [-0.2, -0.15) is 5.10 Å². The van der Waals surface area contributed by atoms with E-state index >= 15 is 0 Å². The molecule has 0 aliphatic carbocycles. The first-order chi connectivity index (χ1) is 7.35. The first kappa shape index (κ1) is 13.0. The third kappa shape index (κ3) is 2.05. The lowest BCUT2D eigenvalue weighted by molar-refractivity contribution is 0.215. The number of hydrogen-bond acceptors (Lipinski definition) is 4. The van der Waals surface area contributed by atoms with Crippen LogP contribution >= 0.6 is 0 Å². The van der Waals surface area contributed by atoms with Crippen LogP contribution in [0, 0.1) is 6.92 Å². The summed E-state index contributed by atoms with van der Waals surface area (Å²) in [6, 6.07) is 0. The number of aliphatic hydroxyl groups excluding tert-OH is 1. The fourth-order valence-corrected chi connectivity index (χ4v) is 1.74. The Balaban J connectivity index is 3.22. The number of nitrogens with two attached hydrogens (primary N) is 1. The van der Waals surface area contributed by atoms with E-state index in [2.05, 4.69) is 5.10 Å². The molecular weight excluding hydrogens is 204 g/mol. The Labute approximate surface area is 96.9 Å². The Morgan fingerprint density at radius 2 is 2.06 bits per heavy atom. The molecule has 1 rings (SSSR count). The minimum Gasteiger partial charge on any atom is -0.394 e. The zero-order valence-corrected chi connectivity index (χ0v) is 10.8. The minimum absolute atomic E-state index is 0.0811. The lowest BCUT2D eigenvalue weighted by atomic mass is 10.0. The fraction of sp³-hybridized carbons (Fsp3) is 0.727. The first-order valence-corrected chi connectivity index (χ1v) is 5.42. The van der Waals surface area contributed by atoms with E-state index in [0.717, 1.165) is 17.1 Å². The Morgan fingerprint density at radius 3 is 2.50 bits per heavy atom. The smallest absolute Gasteiger partial charge is 0.131 e. The van der Waals surface area contributed by atoms with E-state index in [-0.39, 0.29) is 12.1 Å². The number of anilines is 1. The normalized spacial score (nSPS) is 11.9. The molecule has 1 heterocycles. The lowest BCUT2D eigenvalue weighted by Crippen LogP contribution is -2.45. The summed E-state index contributed by atoms with van der Waals surface area (Å²) < 4.78 is 1.81. The van der Waals surface area contributed by atoms with Crippen LogP contribution in [-0.4, -0.2) is 34.1 Å². The summed E-state index contributed by atoms with van der Waals surface area (Å²) in [6.07, 6.45) is 0. The molecule has 3 N–H and O–H groups in total. The number of nitrogens with zero attached hydrogens (tertiary/aromatic N) is 3. The summed E-state index contributed by atoms with van der Waals surface area (Å²) in [6.45, 7) is 6.45. The molecule has 1 aromatic heterocycles. The zero-order valence-electron chi connectivity index (χ0n) is 10.8. The van der Waals surface area contributed by atoms with Gasteiger partial charge in [0.15, 0.2) is 0 Å². The van der Waals surface area contributed by atoms with Crippen LogP contribution in [0.25, 0.3) is 0 Å². The highest BCUT2D eigenvalue weighted by molar-refractivity contribution is 5.51. The van der Waals surface area contributed by atoms with Gasteiger partial charge in [-0.05, 0) is 20.8 Å². The predicted octanol–water partition coefficient (Wildman–Crippen LogP) is 0.394. The van der Waals surface area contributed by atoms with E-state index < -0.39 is 0 Å². The molecule has 0 radical (unpaired) electrons. The van der Waals surface area contributed by atoms with Crippen molar-refractivity contribution in [1.29, 1.82) is 0 Å². The fourth-order valence-electron chi connectivity index (χ4n) is 1.74. The molecule has 0 fully saturated rings. The predicted molar refractivity (Wildman–Crippen MR) is 65.4 cm³/mol. The molecule has 92 valence electrons. The van der Waals surface area contributed by atoms with Crippen LogP contribution < -0.4 is 10.6 Å². The molecule has 0 aliphatic rings. The van der Waals surface area contributed by atoms with Crippen molar-refractivity contribution < 1.29 is 5.11 Å². The molecule has 0 aromatic carbocycles. The molecule has 0 saturated carbocycles. The van der Waals surface area contributed by atoms with Crippen LogP contribution in [0.1, 0.15) is 25.1 Å². The van der Waals surface area contributed by atoms with E-state index in [1.807, 2.05) is 44.4 Å². The average molecular weight is 226 g/mol. The van der Waals surface area contributed by atoms with Gasteiger partial charge in [-0.25, -0.2) is 0 Å². The van der Waals surface area contributed by atoms with Gasteiger partial charge in [0.25, 0.3) is 0 Å². The van der Waals surface area contributed by atoms with E-state index in [4.69, 9.17) is 5.73 Å². The summed E-state index contributed by atoms with van der Waals surface area (Å²) in [4.78, 5) is 2.02. The quantitative estimate of drug-likeness (QED) is 0.779. The van der Waals surface area contributed by atoms with Gasteiger partial charge in [-0.15, -0.1) is 0 Å². The Bertz CT molecular complexity index is 370. The number of rotatable bonds is 4. The van der Waals surface area contributed by atoms with Crippen LogP contribution in [0.2, 0.25) is 0 Å². The molecule has 5 heteroatoms. The summed E-state index contributed by atoms with van der Waals surface area (Å²) in [5.41, 5.74) is 7.39. The van der Waals surface area contributed by atoms with Gasteiger partial charge in [0.2, 0.25) is 0 Å². The summed E-state index contributed by atoms with van der Waals surface area (Å²) in [5, 5.41) is 13.7. The molecule has 0 aliphatic heterocycles. The van der Waals surface area contributed by atoms with E-state index in [1.165, 1.54) is 0 Å². The Morgan fingerprint density at radius 1 is 1.50 bits per heavy atom. The number of likely N-dealkylation sites (N-methyl/N-ethyl adjacent to an activating group) is 1. The molecular formula is C11H22N4O. The van der Waals surface area contributed by atoms with Gasteiger partial charge >= 0.3 is 0 Å². The second kappa shape index (κ2) is 4.43. The molecule has 0 spiro atoms.